The van der Waals surface area contributed by atoms with Gasteiger partial charge in [0.2, 0.25) is 5.95 Å². The molecule has 1 saturated heterocycles. The molecule has 0 saturated carbocycles. The number of hydrogen-bond acceptors (Lipinski definition) is 5. The van der Waals surface area contributed by atoms with Crippen molar-refractivity contribution in [2.24, 2.45) is 0 Å². The largest absolute Gasteiger partial charge is 0.381 e. The topological polar surface area (TPSA) is 47.0 Å². The number of anilines is 1. The van der Waals surface area contributed by atoms with Crippen molar-refractivity contribution in [1.29, 1.82) is 0 Å². The van der Waals surface area contributed by atoms with Crippen LogP contribution in [-0.2, 0) is 4.74 Å². The first kappa shape index (κ1) is 12.7. The quantitative estimate of drug-likeness (QED) is 0.873. The van der Waals surface area contributed by atoms with Gasteiger partial charge in [0.15, 0.2) is 0 Å². The zero-order valence-electron chi connectivity index (χ0n) is 10.9. The van der Waals surface area contributed by atoms with Crippen LogP contribution in [0.3, 0.4) is 0 Å². The standard InChI is InChI=1S/C14H17N3OS/c1-15-14-16-12-5-3-2-4-11(12)13(17-14)19-10-6-8-18-9-7-10/h2-5,10H,6-9H2,1H3,(H,15,16,17). The predicted octanol–water partition coefficient (Wildman–Crippen LogP) is 2.94. The van der Waals surface area contributed by atoms with E-state index in [1.54, 1.807) is 0 Å². The van der Waals surface area contributed by atoms with Crippen LogP contribution in [0.2, 0.25) is 0 Å². The molecule has 0 radical (unpaired) electrons. The molecule has 0 amide bonds. The SMILES string of the molecule is CNc1nc(SC2CCOCC2)c2ccccc2n1. The van der Waals surface area contributed by atoms with E-state index in [4.69, 9.17) is 4.74 Å². The predicted molar refractivity (Wildman–Crippen MR) is 78.8 cm³/mol. The molecule has 0 atom stereocenters. The third-order valence-electron chi connectivity index (χ3n) is 3.24. The van der Waals surface area contributed by atoms with Crippen LogP contribution in [0.1, 0.15) is 12.8 Å². The van der Waals surface area contributed by atoms with Gasteiger partial charge in [0.25, 0.3) is 0 Å². The van der Waals surface area contributed by atoms with Crippen molar-refractivity contribution in [3.05, 3.63) is 24.3 Å². The Hall–Kier alpha value is -1.33. The highest BCUT2D eigenvalue weighted by atomic mass is 32.2. The van der Waals surface area contributed by atoms with Crippen molar-refractivity contribution in [2.45, 2.75) is 23.1 Å². The van der Waals surface area contributed by atoms with Gasteiger partial charge >= 0.3 is 0 Å². The zero-order chi connectivity index (χ0) is 13.1. The lowest BCUT2D eigenvalue weighted by Gasteiger charge is -2.21. The average molecular weight is 275 g/mol. The van der Waals surface area contributed by atoms with Gasteiger partial charge in [-0.15, -0.1) is 11.8 Å². The Labute approximate surface area is 117 Å². The number of ether oxygens (including phenoxy) is 1. The minimum absolute atomic E-state index is 0.594. The van der Waals surface area contributed by atoms with Gasteiger partial charge in [0.1, 0.15) is 5.03 Å². The van der Waals surface area contributed by atoms with Crippen molar-refractivity contribution in [2.75, 3.05) is 25.6 Å². The van der Waals surface area contributed by atoms with Gasteiger partial charge < -0.3 is 10.1 Å². The van der Waals surface area contributed by atoms with Crippen LogP contribution >= 0.6 is 11.8 Å². The minimum atomic E-state index is 0.594. The molecule has 1 N–H and O–H groups in total. The van der Waals surface area contributed by atoms with Crippen LogP contribution < -0.4 is 5.32 Å². The zero-order valence-corrected chi connectivity index (χ0v) is 11.7. The van der Waals surface area contributed by atoms with E-state index in [1.165, 1.54) is 0 Å². The number of thioether (sulfide) groups is 1. The number of nitrogens with one attached hydrogen (secondary N) is 1. The molecule has 1 aromatic carbocycles. The molecule has 0 aliphatic carbocycles. The summed E-state index contributed by atoms with van der Waals surface area (Å²) in [6.45, 7) is 1.72. The third-order valence-corrected chi connectivity index (χ3v) is 4.58. The summed E-state index contributed by atoms with van der Waals surface area (Å²) in [5, 5.41) is 5.84. The molecule has 1 aliphatic rings. The van der Waals surface area contributed by atoms with E-state index in [2.05, 4.69) is 21.4 Å². The summed E-state index contributed by atoms with van der Waals surface area (Å²) >= 11 is 1.85. The minimum Gasteiger partial charge on any atom is -0.381 e. The van der Waals surface area contributed by atoms with Crippen molar-refractivity contribution < 1.29 is 4.74 Å². The lowest BCUT2D eigenvalue weighted by atomic mass is 10.2. The third kappa shape index (κ3) is 2.82. The Kier molecular flexibility index (Phi) is 3.84. The summed E-state index contributed by atoms with van der Waals surface area (Å²) in [7, 11) is 1.85. The van der Waals surface area contributed by atoms with Crippen LogP contribution in [0.15, 0.2) is 29.3 Å². The Balaban J connectivity index is 1.95. The van der Waals surface area contributed by atoms with Gasteiger partial charge in [-0.1, -0.05) is 18.2 Å². The lowest BCUT2D eigenvalue weighted by Crippen LogP contribution is -2.17. The molecule has 1 aliphatic heterocycles. The van der Waals surface area contributed by atoms with Gasteiger partial charge in [-0.3, -0.25) is 0 Å². The number of nitrogens with zero attached hydrogens (tertiary/aromatic N) is 2. The first-order valence-electron chi connectivity index (χ1n) is 6.56. The van der Waals surface area contributed by atoms with Crippen LogP contribution in [0.5, 0.6) is 0 Å². The van der Waals surface area contributed by atoms with E-state index in [0.717, 1.165) is 42.0 Å². The lowest BCUT2D eigenvalue weighted by molar-refractivity contribution is 0.1000. The van der Waals surface area contributed by atoms with Crippen molar-refractivity contribution >= 4 is 28.6 Å². The summed E-state index contributed by atoms with van der Waals surface area (Å²) in [5.74, 6) is 0.688. The van der Waals surface area contributed by atoms with Crippen LogP contribution in [-0.4, -0.2) is 35.5 Å². The number of fused-ring (bicyclic) bond motifs is 1. The maximum atomic E-state index is 5.41. The molecule has 4 nitrogen and oxygen atoms in total. The average Bonchev–Trinajstić information content (AvgIpc) is 2.48. The van der Waals surface area contributed by atoms with Crippen molar-refractivity contribution in [3.8, 4) is 0 Å². The first-order valence-corrected chi connectivity index (χ1v) is 7.44. The van der Waals surface area contributed by atoms with E-state index in [1.807, 2.05) is 37.0 Å². The van der Waals surface area contributed by atoms with Crippen molar-refractivity contribution in [3.63, 3.8) is 0 Å². The molecule has 1 aromatic heterocycles. The maximum Gasteiger partial charge on any atom is 0.224 e. The Bertz CT molecular complexity index is 570. The van der Waals surface area contributed by atoms with E-state index >= 15 is 0 Å². The number of rotatable bonds is 3. The van der Waals surface area contributed by atoms with Gasteiger partial charge in [-0.25, -0.2) is 9.97 Å². The maximum absolute atomic E-state index is 5.41. The van der Waals surface area contributed by atoms with Crippen LogP contribution in [0.4, 0.5) is 5.95 Å². The molecule has 3 rings (SSSR count). The highest BCUT2D eigenvalue weighted by Gasteiger charge is 2.17. The molecule has 0 unspecified atom stereocenters. The van der Waals surface area contributed by atoms with E-state index in [-0.39, 0.29) is 0 Å². The van der Waals surface area contributed by atoms with E-state index in [0.29, 0.717) is 11.2 Å². The summed E-state index contributed by atoms with van der Waals surface area (Å²) in [4.78, 5) is 9.10. The number of benzene rings is 1. The molecule has 2 heterocycles. The molecule has 100 valence electrons. The van der Waals surface area contributed by atoms with Crippen LogP contribution in [0, 0.1) is 0 Å². The fraction of sp³-hybridized carbons (Fsp3) is 0.429. The second-order valence-electron chi connectivity index (χ2n) is 4.55. The Morgan fingerprint density at radius 2 is 2.00 bits per heavy atom. The van der Waals surface area contributed by atoms with E-state index < -0.39 is 0 Å². The molecule has 5 heteroatoms. The molecule has 2 aromatic rings. The summed E-state index contributed by atoms with van der Waals surface area (Å²) in [5.41, 5.74) is 0.997. The molecule has 0 bridgehead atoms. The second-order valence-corrected chi connectivity index (χ2v) is 5.84. The highest BCUT2D eigenvalue weighted by Crippen LogP contribution is 2.33. The molecule has 0 spiro atoms. The number of para-hydroxylation sites is 1. The monoisotopic (exact) mass is 275 g/mol. The van der Waals surface area contributed by atoms with Gasteiger partial charge in [0, 0.05) is 30.9 Å². The van der Waals surface area contributed by atoms with Crippen molar-refractivity contribution in [1.82, 2.24) is 9.97 Å². The van der Waals surface area contributed by atoms with Gasteiger partial charge in [-0.05, 0) is 18.9 Å². The summed E-state index contributed by atoms with van der Waals surface area (Å²) < 4.78 is 5.41. The second kappa shape index (κ2) is 5.75. The fourth-order valence-electron chi connectivity index (χ4n) is 2.20. The van der Waals surface area contributed by atoms with Gasteiger partial charge in [-0.2, -0.15) is 0 Å². The molecular formula is C14H17N3OS. The Morgan fingerprint density at radius 1 is 1.21 bits per heavy atom. The first-order chi connectivity index (χ1) is 9.36. The highest BCUT2D eigenvalue weighted by molar-refractivity contribution is 8.00. The molecule has 1 fully saturated rings. The number of hydrogen-bond donors (Lipinski definition) is 1. The fourth-order valence-corrected chi connectivity index (χ4v) is 3.38. The molecule has 19 heavy (non-hydrogen) atoms. The molecular weight excluding hydrogens is 258 g/mol. The smallest absolute Gasteiger partial charge is 0.224 e. The summed E-state index contributed by atoms with van der Waals surface area (Å²) in [6, 6.07) is 8.18. The Morgan fingerprint density at radius 3 is 2.79 bits per heavy atom. The summed E-state index contributed by atoms with van der Waals surface area (Å²) in [6.07, 6.45) is 2.19. The normalized spacial score (nSPS) is 16.7. The van der Waals surface area contributed by atoms with Crippen LogP contribution in [0.25, 0.3) is 10.9 Å². The van der Waals surface area contributed by atoms with E-state index in [9.17, 15) is 0 Å². The van der Waals surface area contributed by atoms with Gasteiger partial charge in [0.05, 0.1) is 5.52 Å². The number of aromatic nitrogens is 2.